The van der Waals surface area contributed by atoms with Crippen LogP contribution in [0, 0.1) is 20.8 Å². The van der Waals surface area contributed by atoms with Crippen LogP contribution in [0.1, 0.15) is 42.3 Å². The number of hydrogen-bond acceptors (Lipinski definition) is 7. The molecule has 7 nitrogen and oxygen atoms in total. The lowest BCUT2D eigenvalue weighted by Crippen LogP contribution is -2.30. The van der Waals surface area contributed by atoms with Crippen LogP contribution in [0.4, 0.5) is 5.00 Å². The van der Waals surface area contributed by atoms with Gasteiger partial charge in [-0.15, -0.1) is 11.3 Å². The molecule has 0 aliphatic carbocycles. The average molecular weight is 419 g/mol. The van der Waals surface area contributed by atoms with Gasteiger partial charge in [0, 0.05) is 6.54 Å². The fourth-order valence-electron chi connectivity index (χ4n) is 3.02. The number of methoxy groups -OCH3 is 2. The summed E-state index contributed by atoms with van der Waals surface area (Å²) in [6.45, 7) is 6.44. The van der Waals surface area contributed by atoms with E-state index in [2.05, 4.69) is 17.4 Å². The summed E-state index contributed by atoms with van der Waals surface area (Å²) in [7, 11) is 4.36. The third kappa shape index (κ3) is 5.42. The minimum Gasteiger partial charge on any atom is -0.465 e. The highest BCUT2D eigenvalue weighted by Crippen LogP contribution is 2.34. The molecule has 0 unspecified atom stereocenters. The zero-order chi connectivity index (χ0) is 21.7. The summed E-state index contributed by atoms with van der Waals surface area (Å²) in [6.07, 6.45) is 0. The standard InChI is InChI=1S/C21H26N2O5S/c1-12-7-8-15(13(2)9-12)10-23(4)11-16(24)22-19-17(20(25)27-5)14(3)18(29-19)21(26)28-6/h7-9H,10-11H2,1-6H3,(H,22,24). The maximum Gasteiger partial charge on any atom is 0.348 e. The third-order valence-electron chi connectivity index (χ3n) is 4.51. The number of carbonyl (C=O) groups excluding carboxylic acids is 3. The summed E-state index contributed by atoms with van der Waals surface area (Å²) in [4.78, 5) is 38.8. The molecule has 1 aromatic carbocycles. The van der Waals surface area contributed by atoms with E-state index in [9.17, 15) is 14.4 Å². The maximum absolute atomic E-state index is 12.6. The molecule has 1 aromatic heterocycles. The number of anilines is 1. The van der Waals surface area contributed by atoms with Gasteiger partial charge in [0.25, 0.3) is 0 Å². The van der Waals surface area contributed by atoms with E-state index < -0.39 is 11.9 Å². The minimum absolute atomic E-state index is 0.123. The molecule has 0 saturated carbocycles. The molecule has 1 amide bonds. The number of rotatable bonds is 7. The van der Waals surface area contributed by atoms with Crippen molar-refractivity contribution >= 4 is 34.2 Å². The number of aryl methyl sites for hydroxylation is 2. The molecule has 0 atom stereocenters. The molecule has 0 fully saturated rings. The Labute approximate surface area is 174 Å². The summed E-state index contributed by atoms with van der Waals surface area (Å²) >= 11 is 1.00. The number of thiophene rings is 1. The molecule has 0 bridgehead atoms. The van der Waals surface area contributed by atoms with Crippen LogP contribution in [-0.2, 0) is 20.8 Å². The molecule has 1 N–H and O–H groups in total. The number of nitrogens with zero attached hydrogens (tertiary/aromatic N) is 1. The zero-order valence-electron chi connectivity index (χ0n) is 17.5. The zero-order valence-corrected chi connectivity index (χ0v) is 18.4. The van der Waals surface area contributed by atoms with Crippen molar-refractivity contribution in [1.29, 1.82) is 0 Å². The predicted molar refractivity (Wildman–Crippen MR) is 113 cm³/mol. The number of likely N-dealkylation sites (N-methyl/N-ethyl adjacent to an activating group) is 1. The number of carbonyl (C=O) groups is 3. The van der Waals surface area contributed by atoms with Gasteiger partial charge < -0.3 is 14.8 Å². The molecule has 0 spiro atoms. The fourth-order valence-corrected chi connectivity index (χ4v) is 4.15. The summed E-state index contributed by atoms with van der Waals surface area (Å²) < 4.78 is 9.56. The first-order valence-corrected chi connectivity index (χ1v) is 9.84. The lowest BCUT2D eigenvalue weighted by molar-refractivity contribution is -0.117. The first kappa shape index (κ1) is 22.6. The third-order valence-corrected chi connectivity index (χ3v) is 5.70. The normalized spacial score (nSPS) is 10.7. The van der Waals surface area contributed by atoms with E-state index in [1.165, 1.54) is 25.3 Å². The van der Waals surface area contributed by atoms with Crippen LogP contribution in [0.2, 0.25) is 0 Å². The molecule has 0 aliphatic rings. The second-order valence-corrected chi connectivity index (χ2v) is 7.91. The van der Waals surface area contributed by atoms with Gasteiger partial charge in [0.2, 0.25) is 5.91 Å². The van der Waals surface area contributed by atoms with Gasteiger partial charge in [-0.25, -0.2) is 9.59 Å². The molecular weight excluding hydrogens is 392 g/mol. The van der Waals surface area contributed by atoms with Gasteiger partial charge in [-0.2, -0.15) is 0 Å². The van der Waals surface area contributed by atoms with Gasteiger partial charge in [0.05, 0.1) is 26.3 Å². The first-order chi connectivity index (χ1) is 13.7. The monoisotopic (exact) mass is 418 g/mol. The quantitative estimate of drug-likeness (QED) is 0.695. The van der Waals surface area contributed by atoms with E-state index in [-0.39, 0.29) is 27.9 Å². The predicted octanol–water partition coefficient (Wildman–Crippen LogP) is 3.32. The van der Waals surface area contributed by atoms with Crippen LogP contribution in [0.3, 0.4) is 0 Å². The largest absolute Gasteiger partial charge is 0.465 e. The van der Waals surface area contributed by atoms with Gasteiger partial charge in [-0.1, -0.05) is 23.8 Å². The smallest absolute Gasteiger partial charge is 0.348 e. The fraction of sp³-hybridized carbons (Fsp3) is 0.381. The number of benzene rings is 1. The van der Waals surface area contributed by atoms with E-state index in [0.29, 0.717) is 12.1 Å². The van der Waals surface area contributed by atoms with Crippen molar-refractivity contribution in [2.75, 3.05) is 33.1 Å². The average Bonchev–Trinajstić information content (AvgIpc) is 2.98. The Hall–Kier alpha value is -2.71. The number of hydrogen-bond donors (Lipinski definition) is 1. The Morgan fingerprint density at radius 2 is 1.72 bits per heavy atom. The topological polar surface area (TPSA) is 84.9 Å². The highest BCUT2D eigenvalue weighted by molar-refractivity contribution is 7.18. The second kappa shape index (κ2) is 9.67. The summed E-state index contributed by atoms with van der Waals surface area (Å²) in [5.74, 6) is -1.47. The molecular formula is C21H26N2O5S. The van der Waals surface area contributed by atoms with E-state index >= 15 is 0 Å². The second-order valence-electron chi connectivity index (χ2n) is 6.89. The molecule has 0 radical (unpaired) electrons. The van der Waals surface area contributed by atoms with Crippen LogP contribution in [0.15, 0.2) is 18.2 Å². The summed E-state index contributed by atoms with van der Waals surface area (Å²) in [6, 6.07) is 6.20. The molecule has 2 rings (SSSR count). The van der Waals surface area contributed by atoms with Gasteiger partial charge in [0.15, 0.2) is 0 Å². The van der Waals surface area contributed by atoms with Crippen LogP contribution in [0.5, 0.6) is 0 Å². The SMILES string of the molecule is COC(=O)c1sc(NC(=O)CN(C)Cc2ccc(C)cc2C)c(C(=O)OC)c1C. The highest BCUT2D eigenvalue weighted by atomic mass is 32.1. The van der Waals surface area contributed by atoms with Crippen molar-refractivity contribution in [2.24, 2.45) is 0 Å². The lowest BCUT2D eigenvalue weighted by atomic mass is 10.1. The Balaban J connectivity index is 2.15. The van der Waals surface area contributed by atoms with Crippen molar-refractivity contribution in [2.45, 2.75) is 27.3 Å². The lowest BCUT2D eigenvalue weighted by Gasteiger charge is -2.18. The van der Waals surface area contributed by atoms with Crippen LogP contribution >= 0.6 is 11.3 Å². The number of nitrogens with one attached hydrogen (secondary N) is 1. The van der Waals surface area contributed by atoms with E-state index in [1.54, 1.807) is 6.92 Å². The Bertz CT molecular complexity index is 935. The van der Waals surface area contributed by atoms with Crippen molar-refractivity contribution in [1.82, 2.24) is 4.90 Å². The molecule has 0 aliphatic heterocycles. The van der Waals surface area contributed by atoms with Crippen LogP contribution < -0.4 is 5.32 Å². The number of ether oxygens (including phenoxy) is 2. The van der Waals surface area contributed by atoms with Crippen LogP contribution in [-0.4, -0.2) is 50.6 Å². The summed E-state index contributed by atoms with van der Waals surface area (Å²) in [5.41, 5.74) is 4.09. The Kier molecular flexibility index (Phi) is 7.53. The number of amides is 1. The van der Waals surface area contributed by atoms with Gasteiger partial charge >= 0.3 is 11.9 Å². The molecule has 0 saturated heterocycles. The Morgan fingerprint density at radius 3 is 2.31 bits per heavy atom. The molecule has 29 heavy (non-hydrogen) atoms. The maximum atomic E-state index is 12.6. The number of esters is 2. The van der Waals surface area contributed by atoms with E-state index in [1.807, 2.05) is 31.9 Å². The molecule has 1 heterocycles. The summed E-state index contributed by atoms with van der Waals surface area (Å²) in [5, 5.41) is 3.01. The minimum atomic E-state index is -0.618. The van der Waals surface area contributed by atoms with Crippen molar-refractivity contribution in [3.05, 3.63) is 50.9 Å². The van der Waals surface area contributed by atoms with Gasteiger partial charge in [0.1, 0.15) is 9.88 Å². The van der Waals surface area contributed by atoms with E-state index in [4.69, 9.17) is 9.47 Å². The first-order valence-electron chi connectivity index (χ1n) is 9.02. The highest BCUT2D eigenvalue weighted by Gasteiger charge is 2.26. The molecule has 2 aromatic rings. The molecule has 156 valence electrons. The van der Waals surface area contributed by atoms with Crippen molar-refractivity contribution in [3.63, 3.8) is 0 Å². The molecule has 8 heteroatoms. The van der Waals surface area contributed by atoms with Crippen molar-refractivity contribution in [3.8, 4) is 0 Å². The Morgan fingerprint density at radius 1 is 1.07 bits per heavy atom. The van der Waals surface area contributed by atoms with Gasteiger partial charge in [-0.05, 0) is 44.5 Å². The van der Waals surface area contributed by atoms with Crippen molar-refractivity contribution < 1.29 is 23.9 Å². The van der Waals surface area contributed by atoms with E-state index in [0.717, 1.165) is 16.9 Å². The van der Waals surface area contributed by atoms with Gasteiger partial charge in [-0.3, -0.25) is 9.69 Å². The van der Waals surface area contributed by atoms with Crippen LogP contribution in [0.25, 0.3) is 0 Å².